The Morgan fingerprint density at radius 3 is 1.12 bits per heavy atom. The zero-order valence-electron chi connectivity index (χ0n) is 20.2. The highest BCUT2D eigenvalue weighted by Crippen LogP contribution is 2.38. The van der Waals surface area contributed by atoms with Crippen LogP contribution in [0.25, 0.3) is 0 Å². The molecule has 0 saturated heterocycles. The predicted molar refractivity (Wildman–Crippen MR) is 125 cm³/mol. The smallest absolute Gasteiger partial charge is 0.428 e. The van der Waals surface area contributed by atoms with E-state index in [-0.39, 0.29) is 11.1 Å². The van der Waals surface area contributed by atoms with Crippen LogP contribution in [0.15, 0.2) is 84.9 Å². The van der Waals surface area contributed by atoms with Gasteiger partial charge < -0.3 is 20.1 Å². The van der Waals surface area contributed by atoms with Gasteiger partial charge in [-0.2, -0.15) is 35.1 Å². The van der Waals surface area contributed by atoms with Crippen molar-refractivity contribution < 1.29 is 54.2 Å². The van der Waals surface area contributed by atoms with Gasteiger partial charge >= 0.3 is 24.1 Å². The van der Waals surface area contributed by atoms with Crippen molar-refractivity contribution in [1.29, 1.82) is 0 Å². The average Bonchev–Trinajstić information content (AvgIpc) is 2.92. The first-order valence-electron chi connectivity index (χ1n) is 11.3. The quantitative estimate of drug-likeness (QED) is 0.269. The van der Waals surface area contributed by atoms with Crippen LogP contribution in [0.4, 0.5) is 35.1 Å². The van der Waals surface area contributed by atoms with Crippen molar-refractivity contribution in [2.75, 3.05) is 13.1 Å². The first kappa shape index (κ1) is 30.2. The largest absolute Gasteiger partial charge is 0.466 e. The van der Waals surface area contributed by atoms with Crippen molar-refractivity contribution in [1.82, 2.24) is 10.6 Å². The van der Waals surface area contributed by atoms with Crippen LogP contribution in [0.2, 0.25) is 0 Å². The highest BCUT2D eigenvalue weighted by molar-refractivity contribution is 5.94. The maximum Gasteiger partial charge on any atom is 0.466 e. The standard InChI is InChI=1S/C26H20F8N2O4/c27-23(28,15-35-21(37)17-7-3-1-4-8-17)25(31,32)39-19-11-13-20(14-12-19)40-26(33,34)24(29,30)16-36-22(38)18-9-5-2-6-10-18/h1-14H,15-16H2,(H,35,37)(H,36,38). The lowest BCUT2D eigenvalue weighted by atomic mass is 10.2. The van der Waals surface area contributed by atoms with Crippen molar-refractivity contribution in [3.63, 3.8) is 0 Å². The van der Waals surface area contributed by atoms with Gasteiger partial charge in [-0.25, -0.2) is 0 Å². The van der Waals surface area contributed by atoms with E-state index in [0.29, 0.717) is 24.3 Å². The van der Waals surface area contributed by atoms with Gasteiger partial charge in [0.05, 0.1) is 13.1 Å². The van der Waals surface area contributed by atoms with E-state index in [1.807, 2.05) is 0 Å². The van der Waals surface area contributed by atoms with E-state index in [2.05, 4.69) is 9.47 Å². The summed E-state index contributed by atoms with van der Waals surface area (Å²) in [5.74, 6) is -13.8. The number of alkyl halides is 8. The minimum atomic E-state index is -5.17. The molecule has 2 N–H and O–H groups in total. The second kappa shape index (κ2) is 11.8. The highest BCUT2D eigenvalue weighted by atomic mass is 19.3. The summed E-state index contributed by atoms with van der Waals surface area (Å²) >= 11 is 0. The molecular formula is C26H20F8N2O4. The van der Waals surface area contributed by atoms with Gasteiger partial charge in [-0.3, -0.25) is 9.59 Å². The number of carbonyl (C=O) groups excluding carboxylic acids is 2. The van der Waals surface area contributed by atoms with Gasteiger partial charge in [0, 0.05) is 11.1 Å². The summed E-state index contributed by atoms with van der Waals surface area (Å²) < 4.78 is 121. The molecule has 0 aliphatic rings. The number of hydrogen-bond donors (Lipinski definition) is 2. The Labute approximate surface area is 221 Å². The summed E-state index contributed by atoms with van der Waals surface area (Å²) in [4.78, 5) is 23.7. The monoisotopic (exact) mass is 576 g/mol. The molecule has 40 heavy (non-hydrogen) atoms. The minimum Gasteiger partial charge on any atom is -0.428 e. The summed E-state index contributed by atoms with van der Waals surface area (Å²) in [6, 6.07) is 15.9. The summed E-state index contributed by atoms with van der Waals surface area (Å²) in [5.41, 5.74) is -0.113. The Bertz CT molecular complexity index is 1190. The molecule has 0 unspecified atom stereocenters. The molecule has 0 aliphatic carbocycles. The van der Waals surface area contributed by atoms with Gasteiger partial charge in [0.15, 0.2) is 0 Å². The highest BCUT2D eigenvalue weighted by Gasteiger charge is 2.60. The Morgan fingerprint density at radius 2 is 0.825 bits per heavy atom. The van der Waals surface area contributed by atoms with Gasteiger partial charge in [0.1, 0.15) is 11.5 Å². The molecule has 0 atom stereocenters. The third-order valence-corrected chi connectivity index (χ3v) is 5.18. The minimum absolute atomic E-state index is 0.0564. The van der Waals surface area contributed by atoms with Crippen molar-refractivity contribution in [3.05, 3.63) is 96.1 Å². The molecule has 0 spiro atoms. The summed E-state index contributed by atoms with van der Waals surface area (Å²) in [6.45, 7) is -3.62. The SMILES string of the molecule is O=C(NCC(F)(F)C(F)(F)Oc1ccc(OC(F)(F)C(F)(F)CNC(=O)c2ccccc2)cc1)c1ccccc1. The zero-order chi connectivity index (χ0) is 29.6. The lowest BCUT2D eigenvalue weighted by molar-refractivity contribution is -0.306. The maximum absolute atomic E-state index is 14.1. The Balaban J connectivity index is 1.58. The fourth-order valence-electron chi connectivity index (χ4n) is 2.99. The fourth-order valence-corrected chi connectivity index (χ4v) is 2.99. The van der Waals surface area contributed by atoms with Crippen LogP contribution >= 0.6 is 0 Å². The van der Waals surface area contributed by atoms with Crippen LogP contribution in [-0.4, -0.2) is 49.0 Å². The normalized spacial score (nSPS) is 12.4. The maximum atomic E-state index is 14.1. The predicted octanol–water partition coefficient (Wildman–Crippen LogP) is 5.76. The Morgan fingerprint density at radius 1 is 0.525 bits per heavy atom. The Hall–Kier alpha value is -4.36. The topological polar surface area (TPSA) is 76.7 Å². The molecule has 0 heterocycles. The third-order valence-electron chi connectivity index (χ3n) is 5.18. The fraction of sp³-hybridized carbons (Fsp3) is 0.231. The second-order valence-corrected chi connectivity index (χ2v) is 8.22. The van der Waals surface area contributed by atoms with Gasteiger partial charge in [-0.15, -0.1) is 0 Å². The molecule has 3 aromatic carbocycles. The number of ether oxygens (including phenoxy) is 2. The second-order valence-electron chi connectivity index (χ2n) is 8.22. The van der Waals surface area contributed by atoms with E-state index in [4.69, 9.17) is 0 Å². The molecule has 3 aromatic rings. The lowest BCUT2D eigenvalue weighted by Crippen LogP contribution is -2.52. The van der Waals surface area contributed by atoms with Gasteiger partial charge in [-0.1, -0.05) is 36.4 Å². The summed E-state index contributed by atoms with van der Waals surface area (Å²) in [6.07, 6.45) is -10.3. The average molecular weight is 576 g/mol. The van der Waals surface area contributed by atoms with E-state index in [9.17, 15) is 44.7 Å². The van der Waals surface area contributed by atoms with Crippen LogP contribution in [0.5, 0.6) is 11.5 Å². The first-order valence-corrected chi connectivity index (χ1v) is 11.3. The number of halogens is 8. The number of benzene rings is 3. The molecule has 3 rings (SSSR count). The van der Waals surface area contributed by atoms with E-state index >= 15 is 0 Å². The molecule has 2 amide bonds. The van der Waals surface area contributed by atoms with Gasteiger partial charge in [0.25, 0.3) is 11.8 Å². The van der Waals surface area contributed by atoms with E-state index < -0.39 is 60.5 Å². The molecule has 0 aromatic heterocycles. The molecule has 14 heteroatoms. The van der Waals surface area contributed by atoms with E-state index in [0.717, 1.165) is 0 Å². The molecule has 0 aliphatic heterocycles. The molecule has 0 fully saturated rings. The van der Waals surface area contributed by atoms with Crippen molar-refractivity contribution >= 4 is 11.8 Å². The van der Waals surface area contributed by atoms with Gasteiger partial charge in [0.2, 0.25) is 0 Å². The van der Waals surface area contributed by atoms with E-state index in [1.54, 1.807) is 22.8 Å². The lowest BCUT2D eigenvalue weighted by Gasteiger charge is -2.27. The number of nitrogens with one attached hydrogen (secondary N) is 2. The van der Waals surface area contributed by atoms with Gasteiger partial charge in [-0.05, 0) is 48.5 Å². The van der Waals surface area contributed by atoms with Crippen LogP contribution in [0.1, 0.15) is 20.7 Å². The number of carbonyl (C=O) groups is 2. The molecule has 6 nitrogen and oxygen atoms in total. The van der Waals surface area contributed by atoms with Crippen molar-refractivity contribution in [3.8, 4) is 11.5 Å². The number of amides is 2. The molecule has 214 valence electrons. The Kier molecular flexibility index (Phi) is 8.90. The molecule has 0 radical (unpaired) electrons. The molecule has 0 saturated carbocycles. The zero-order valence-corrected chi connectivity index (χ0v) is 20.2. The van der Waals surface area contributed by atoms with Crippen LogP contribution < -0.4 is 20.1 Å². The third kappa shape index (κ3) is 7.39. The number of hydrogen-bond acceptors (Lipinski definition) is 4. The summed E-state index contributed by atoms with van der Waals surface area (Å²) in [5, 5.41) is 3.31. The van der Waals surface area contributed by atoms with Crippen molar-refractivity contribution in [2.45, 2.75) is 24.1 Å². The van der Waals surface area contributed by atoms with Crippen LogP contribution in [-0.2, 0) is 0 Å². The molecule has 0 bridgehead atoms. The summed E-state index contributed by atoms with van der Waals surface area (Å²) in [7, 11) is 0. The van der Waals surface area contributed by atoms with Crippen molar-refractivity contribution in [2.24, 2.45) is 0 Å². The van der Waals surface area contributed by atoms with Crippen LogP contribution in [0, 0.1) is 0 Å². The number of rotatable bonds is 12. The van der Waals surface area contributed by atoms with E-state index in [1.165, 1.54) is 48.5 Å². The molecular weight excluding hydrogens is 556 g/mol. The first-order chi connectivity index (χ1) is 18.6. The van der Waals surface area contributed by atoms with Crippen LogP contribution in [0.3, 0.4) is 0 Å².